The number of ketones is 1. The van der Waals surface area contributed by atoms with Gasteiger partial charge in [-0.25, -0.2) is 4.39 Å². The summed E-state index contributed by atoms with van der Waals surface area (Å²) in [6.07, 6.45) is 0.636. The Kier molecular flexibility index (Phi) is 6.89. The summed E-state index contributed by atoms with van der Waals surface area (Å²) in [6, 6.07) is 18.5. The average Bonchev–Trinajstić information content (AvgIpc) is 3.23. The van der Waals surface area contributed by atoms with E-state index >= 15 is 0 Å². The fourth-order valence-corrected chi connectivity index (χ4v) is 3.96. The first-order valence-corrected chi connectivity index (χ1v) is 11.4. The van der Waals surface area contributed by atoms with Crippen molar-refractivity contribution in [2.24, 2.45) is 0 Å². The number of furan rings is 1. The number of rotatable bonds is 8. The van der Waals surface area contributed by atoms with Crippen molar-refractivity contribution in [1.82, 2.24) is 5.32 Å². The lowest BCUT2D eigenvalue weighted by Crippen LogP contribution is -2.34. The number of amides is 1. The van der Waals surface area contributed by atoms with E-state index < -0.39 is 6.23 Å². The third-order valence-corrected chi connectivity index (χ3v) is 5.71. The molecule has 1 atom stereocenters. The highest BCUT2D eigenvalue weighted by atomic mass is 19.1. The van der Waals surface area contributed by atoms with Crippen molar-refractivity contribution in [2.75, 3.05) is 0 Å². The molecule has 0 aliphatic rings. The topological polar surface area (TPSA) is 79.5 Å². The van der Waals surface area contributed by atoms with Gasteiger partial charge in [0.25, 0.3) is 5.91 Å². The molecule has 1 aromatic heterocycles. The van der Waals surface area contributed by atoms with Crippen LogP contribution in [0.4, 0.5) is 4.39 Å². The minimum absolute atomic E-state index is 0.0757. The molecule has 0 aliphatic carbocycles. The van der Waals surface area contributed by atoms with Gasteiger partial charge in [0.2, 0.25) is 0 Å². The van der Waals surface area contributed by atoms with E-state index in [-0.39, 0.29) is 17.5 Å². The molecule has 5 nitrogen and oxygen atoms in total. The van der Waals surface area contributed by atoms with Crippen LogP contribution in [0.3, 0.4) is 0 Å². The van der Waals surface area contributed by atoms with E-state index in [0.29, 0.717) is 46.3 Å². The van der Waals surface area contributed by atoms with Crippen molar-refractivity contribution >= 4 is 22.7 Å². The number of aliphatic hydroxyl groups excluding tert-OH is 1. The third-order valence-electron chi connectivity index (χ3n) is 5.71. The first kappa shape index (κ1) is 23.4. The zero-order chi connectivity index (χ0) is 24.2. The molecular formula is C28H26FNO4. The maximum absolute atomic E-state index is 13.4. The van der Waals surface area contributed by atoms with Crippen LogP contribution < -0.4 is 5.32 Å². The molecule has 0 bridgehead atoms. The maximum atomic E-state index is 13.4. The van der Waals surface area contributed by atoms with Gasteiger partial charge in [0, 0.05) is 22.9 Å². The van der Waals surface area contributed by atoms with Gasteiger partial charge < -0.3 is 14.8 Å². The molecule has 0 radical (unpaired) electrons. The number of carbonyl (C=O) groups is 2. The molecule has 4 rings (SSSR count). The Hall–Kier alpha value is -3.77. The van der Waals surface area contributed by atoms with Crippen LogP contribution in [0.15, 0.2) is 71.1 Å². The standard InChI is InChI=1S/C28H26FNO4/c1-3-6-25(32)30-28(33)20-8-5-7-18(15-20)19-11-14-24-22(16-19)26(23(31)4-2)27(34-24)17-9-12-21(29)13-10-17/h5,7-16,25,32H,3-4,6H2,1-2H3,(H,30,33)/t25-/m0/s1. The van der Waals surface area contributed by atoms with Crippen LogP contribution >= 0.6 is 0 Å². The number of nitrogens with one attached hydrogen (secondary N) is 1. The Morgan fingerprint density at radius 2 is 1.68 bits per heavy atom. The van der Waals surface area contributed by atoms with Gasteiger partial charge >= 0.3 is 0 Å². The molecule has 0 aliphatic heterocycles. The SMILES string of the molecule is CCC[C@H](O)NC(=O)c1cccc(-c2ccc3oc(-c4ccc(F)cc4)c(C(=O)CC)c3c2)c1. The monoisotopic (exact) mass is 459 g/mol. The van der Waals surface area contributed by atoms with E-state index in [1.54, 1.807) is 43.3 Å². The van der Waals surface area contributed by atoms with Crippen LogP contribution in [-0.2, 0) is 0 Å². The van der Waals surface area contributed by atoms with Crippen LogP contribution in [-0.4, -0.2) is 23.0 Å². The van der Waals surface area contributed by atoms with Crippen molar-refractivity contribution in [3.8, 4) is 22.5 Å². The average molecular weight is 460 g/mol. The molecule has 2 N–H and O–H groups in total. The molecule has 6 heteroatoms. The molecule has 174 valence electrons. The van der Waals surface area contributed by atoms with Crippen molar-refractivity contribution in [3.05, 3.63) is 83.7 Å². The molecule has 0 spiro atoms. The Morgan fingerprint density at radius 1 is 0.971 bits per heavy atom. The first-order valence-electron chi connectivity index (χ1n) is 11.4. The number of halogens is 1. The van der Waals surface area contributed by atoms with Crippen LogP contribution in [0.1, 0.15) is 53.8 Å². The summed E-state index contributed by atoms with van der Waals surface area (Å²) >= 11 is 0. The summed E-state index contributed by atoms with van der Waals surface area (Å²) in [5.41, 5.74) is 3.67. The lowest BCUT2D eigenvalue weighted by molar-refractivity contribution is 0.0763. The number of carbonyl (C=O) groups excluding carboxylic acids is 2. The third kappa shape index (κ3) is 4.77. The highest BCUT2D eigenvalue weighted by Crippen LogP contribution is 2.37. The van der Waals surface area contributed by atoms with Crippen LogP contribution in [0.2, 0.25) is 0 Å². The quantitative estimate of drug-likeness (QED) is 0.238. The molecule has 1 amide bonds. The fraction of sp³-hybridized carbons (Fsp3) is 0.214. The lowest BCUT2D eigenvalue weighted by Gasteiger charge is -2.12. The van der Waals surface area contributed by atoms with Crippen molar-refractivity contribution in [1.29, 1.82) is 0 Å². The van der Waals surface area contributed by atoms with E-state index in [9.17, 15) is 19.1 Å². The smallest absolute Gasteiger partial charge is 0.253 e. The second-order valence-electron chi connectivity index (χ2n) is 8.16. The molecule has 0 unspecified atom stereocenters. The number of hydrogen-bond donors (Lipinski definition) is 2. The molecule has 3 aromatic carbocycles. The van der Waals surface area contributed by atoms with Gasteiger partial charge in [0.1, 0.15) is 23.4 Å². The molecule has 0 saturated carbocycles. The normalized spacial score (nSPS) is 12.0. The summed E-state index contributed by atoms with van der Waals surface area (Å²) in [7, 11) is 0. The molecule has 34 heavy (non-hydrogen) atoms. The fourth-order valence-electron chi connectivity index (χ4n) is 3.96. The summed E-state index contributed by atoms with van der Waals surface area (Å²) in [5.74, 6) is -0.380. The van der Waals surface area contributed by atoms with Gasteiger partial charge in [-0.15, -0.1) is 0 Å². The predicted molar refractivity (Wildman–Crippen MR) is 130 cm³/mol. The van der Waals surface area contributed by atoms with Crippen LogP contribution in [0, 0.1) is 5.82 Å². The van der Waals surface area contributed by atoms with Crippen molar-refractivity contribution in [3.63, 3.8) is 0 Å². The van der Waals surface area contributed by atoms with Crippen LogP contribution in [0.5, 0.6) is 0 Å². The van der Waals surface area contributed by atoms with Crippen LogP contribution in [0.25, 0.3) is 33.4 Å². The second kappa shape index (κ2) is 10.0. The number of fused-ring (bicyclic) bond motifs is 1. The Morgan fingerprint density at radius 3 is 2.38 bits per heavy atom. The van der Waals surface area contributed by atoms with Gasteiger partial charge in [-0.1, -0.05) is 38.5 Å². The molecule has 4 aromatic rings. The highest BCUT2D eigenvalue weighted by molar-refractivity contribution is 6.12. The van der Waals surface area contributed by atoms with Gasteiger partial charge in [0.05, 0.1) is 5.56 Å². The van der Waals surface area contributed by atoms with E-state index in [2.05, 4.69) is 5.32 Å². The molecular weight excluding hydrogens is 433 g/mol. The second-order valence-corrected chi connectivity index (χ2v) is 8.16. The zero-order valence-electron chi connectivity index (χ0n) is 19.1. The van der Waals surface area contributed by atoms with Gasteiger partial charge in [-0.3, -0.25) is 9.59 Å². The lowest BCUT2D eigenvalue weighted by atomic mass is 9.97. The van der Waals surface area contributed by atoms with Gasteiger partial charge in [-0.2, -0.15) is 0 Å². The van der Waals surface area contributed by atoms with Crippen molar-refractivity contribution in [2.45, 2.75) is 39.3 Å². The van der Waals surface area contributed by atoms with E-state index in [1.807, 2.05) is 25.1 Å². The zero-order valence-corrected chi connectivity index (χ0v) is 19.1. The van der Waals surface area contributed by atoms with E-state index in [4.69, 9.17) is 4.42 Å². The Bertz CT molecular complexity index is 1340. The summed E-state index contributed by atoms with van der Waals surface area (Å²) in [5, 5.41) is 13.2. The number of aliphatic hydroxyl groups is 1. The number of Topliss-reactive ketones (excluding diaryl/α,β-unsaturated/α-hetero) is 1. The molecule has 1 heterocycles. The minimum Gasteiger partial charge on any atom is -0.455 e. The summed E-state index contributed by atoms with van der Waals surface area (Å²) < 4.78 is 19.5. The predicted octanol–water partition coefficient (Wildman–Crippen LogP) is 6.35. The summed E-state index contributed by atoms with van der Waals surface area (Å²) in [4.78, 5) is 25.4. The Labute approximate surface area is 197 Å². The number of benzene rings is 3. The minimum atomic E-state index is -0.893. The Balaban J connectivity index is 1.76. The van der Waals surface area contributed by atoms with Gasteiger partial charge in [-0.05, 0) is 66.1 Å². The van der Waals surface area contributed by atoms with E-state index in [1.165, 1.54) is 12.1 Å². The van der Waals surface area contributed by atoms with Gasteiger partial charge in [0.15, 0.2) is 5.78 Å². The molecule has 0 fully saturated rings. The van der Waals surface area contributed by atoms with E-state index in [0.717, 1.165) is 17.5 Å². The summed E-state index contributed by atoms with van der Waals surface area (Å²) in [6.45, 7) is 3.72. The highest BCUT2D eigenvalue weighted by Gasteiger charge is 2.22. The largest absolute Gasteiger partial charge is 0.455 e. The van der Waals surface area contributed by atoms with Crippen molar-refractivity contribution < 1.29 is 23.5 Å². The maximum Gasteiger partial charge on any atom is 0.253 e. The number of hydrogen-bond acceptors (Lipinski definition) is 4. The first-order chi connectivity index (χ1) is 16.4. The molecule has 0 saturated heterocycles.